The first kappa shape index (κ1) is 23.7. The van der Waals surface area contributed by atoms with Crippen LogP contribution in [-0.4, -0.2) is 47.5 Å². The van der Waals surface area contributed by atoms with Gasteiger partial charge in [-0.15, -0.1) is 0 Å². The van der Waals surface area contributed by atoms with Gasteiger partial charge in [0.05, 0.1) is 11.8 Å². The number of halogens is 1. The molecule has 1 atom stereocenters. The van der Waals surface area contributed by atoms with E-state index in [0.717, 1.165) is 80.6 Å². The molecule has 5 nitrogen and oxygen atoms in total. The Hall–Kier alpha value is -2.44. The summed E-state index contributed by atoms with van der Waals surface area (Å²) in [7, 11) is 0. The molecule has 4 rings (SSSR count). The second kappa shape index (κ2) is 11.1. The van der Waals surface area contributed by atoms with Gasteiger partial charge in [-0.05, 0) is 82.4 Å². The largest absolute Gasteiger partial charge is 0.493 e. The lowest BCUT2D eigenvalue weighted by molar-refractivity contribution is 0.188. The first-order valence-electron chi connectivity index (χ1n) is 12.2. The fraction of sp³-hybridized carbons (Fsp3) is 0.519. The molecule has 1 aromatic heterocycles. The first-order chi connectivity index (χ1) is 16.0. The van der Waals surface area contributed by atoms with Crippen molar-refractivity contribution < 1.29 is 18.8 Å². The van der Waals surface area contributed by atoms with E-state index in [1.54, 1.807) is 6.07 Å². The molecule has 2 aromatic rings. The van der Waals surface area contributed by atoms with Crippen molar-refractivity contribution in [3.63, 3.8) is 0 Å². The fourth-order valence-corrected chi connectivity index (χ4v) is 4.84. The maximum atomic E-state index is 13.4. The Bertz CT molecular complexity index is 1030. The fourth-order valence-electron chi connectivity index (χ4n) is 4.84. The molecule has 2 aliphatic heterocycles. The van der Waals surface area contributed by atoms with Crippen molar-refractivity contribution in [2.24, 2.45) is 0 Å². The number of nitrogens with zero attached hydrogens (tertiary/aromatic N) is 2. The molecule has 0 amide bonds. The number of ether oxygens (including phenoxy) is 1. The molecule has 1 unspecified atom stereocenters. The summed E-state index contributed by atoms with van der Waals surface area (Å²) < 4.78 is 24.4. The predicted octanol–water partition coefficient (Wildman–Crippen LogP) is 5.87. The van der Waals surface area contributed by atoms with Gasteiger partial charge in [-0.3, -0.25) is 0 Å². The summed E-state index contributed by atoms with van der Waals surface area (Å²) >= 11 is 0. The highest BCUT2D eigenvalue weighted by Gasteiger charge is 2.25. The molecule has 0 bridgehead atoms. The van der Waals surface area contributed by atoms with Gasteiger partial charge in [0, 0.05) is 29.4 Å². The van der Waals surface area contributed by atoms with Crippen LogP contribution in [0.3, 0.4) is 0 Å². The third kappa shape index (κ3) is 5.92. The second-order valence-electron chi connectivity index (χ2n) is 9.14. The van der Waals surface area contributed by atoms with Gasteiger partial charge in [-0.1, -0.05) is 24.2 Å². The number of fused-ring (bicyclic) bond motifs is 1. The quantitative estimate of drug-likeness (QED) is 0.480. The highest BCUT2D eigenvalue weighted by molar-refractivity contribution is 5.79. The molecule has 2 aliphatic rings. The van der Waals surface area contributed by atoms with Gasteiger partial charge >= 0.3 is 0 Å². The minimum Gasteiger partial charge on any atom is -0.493 e. The van der Waals surface area contributed by atoms with Crippen LogP contribution in [0.25, 0.3) is 11.0 Å². The zero-order valence-corrected chi connectivity index (χ0v) is 19.7. The van der Waals surface area contributed by atoms with E-state index in [1.165, 1.54) is 17.7 Å². The van der Waals surface area contributed by atoms with Gasteiger partial charge in [0.2, 0.25) is 0 Å². The number of unbranched alkanes of at least 4 members (excludes halogenated alkanes) is 1. The number of likely N-dealkylation sites (tertiary alicyclic amines) is 1. The minimum atomic E-state index is -0.429. The molecule has 0 saturated carbocycles. The van der Waals surface area contributed by atoms with E-state index < -0.39 is 6.10 Å². The zero-order chi connectivity index (χ0) is 23.2. The normalized spacial score (nSPS) is 19.3. The highest BCUT2D eigenvalue weighted by Crippen LogP contribution is 2.33. The number of aliphatic hydroxyl groups is 1. The van der Waals surface area contributed by atoms with E-state index in [-0.39, 0.29) is 5.82 Å². The summed E-state index contributed by atoms with van der Waals surface area (Å²) in [6, 6.07) is 4.66. The summed E-state index contributed by atoms with van der Waals surface area (Å²) in [5.41, 5.74) is 3.82. The topological polar surface area (TPSA) is 58.7 Å². The van der Waals surface area contributed by atoms with E-state index in [0.29, 0.717) is 18.1 Å². The molecule has 3 heterocycles. The van der Waals surface area contributed by atoms with Crippen LogP contribution in [0.5, 0.6) is 0 Å². The van der Waals surface area contributed by atoms with Gasteiger partial charge in [0.1, 0.15) is 18.2 Å². The molecular formula is C27H35FN2O3. The molecule has 1 fully saturated rings. The standard InChI is InChI=1S/C27H35FN2O3/c1-3-25-23(19(2)13-17-32-25)10-8-22(31)6-4-5-14-30-15-11-20(12-16-30)27-24-9-7-21(28)18-26(24)33-29-27/h7-10,13,18,20,22,31H,3-6,11-12,14-17H2,1-2H3/b10-8-. The Balaban J connectivity index is 1.18. The van der Waals surface area contributed by atoms with Crippen molar-refractivity contribution in [2.45, 2.75) is 64.4 Å². The third-order valence-corrected chi connectivity index (χ3v) is 6.84. The van der Waals surface area contributed by atoms with E-state index >= 15 is 0 Å². The van der Waals surface area contributed by atoms with Crippen molar-refractivity contribution in [3.8, 4) is 0 Å². The lowest BCUT2D eigenvalue weighted by Crippen LogP contribution is -2.33. The number of allylic oxidation sites excluding steroid dienone is 4. The van der Waals surface area contributed by atoms with Crippen LogP contribution < -0.4 is 0 Å². The van der Waals surface area contributed by atoms with Crippen molar-refractivity contribution in [1.82, 2.24) is 10.1 Å². The smallest absolute Gasteiger partial charge is 0.170 e. The van der Waals surface area contributed by atoms with E-state index in [2.05, 4.69) is 30.0 Å². The Morgan fingerprint density at radius 3 is 2.88 bits per heavy atom. The molecule has 1 aromatic carbocycles. The zero-order valence-electron chi connectivity index (χ0n) is 19.7. The number of hydrogen-bond donors (Lipinski definition) is 1. The van der Waals surface area contributed by atoms with Crippen LogP contribution in [-0.2, 0) is 4.74 Å². The monoisotopic (exact) mass is 454 g/mol. The number of aromatic nitrogens is 1. The van der Waals surface area contributed by atoms with E-state index in [4.69, 9.17) is 9.26 Å². The summed E-state index contributed by atoms with van der Waals surface area (Å²) in [6.45, 7) is 7.94. The molecule has 0 spiro atoms. The summed E-state index contributed by atoms with van der Waals surface area (Å²) in [5.74, 6) is 1.08. The molecule has 1 saturated heterocycles. The van der Waals surface area contributed by atoms with Crippen LogP contribution in [0.2, 0.25) is 0 Å². The number of hydrogen-bond acceptors (Lipinski definition) is 5. The Morgan fingerprint density at radius 1 is 1.27 bits per heavy atom. The highest BCUT2D eigenvalue weighted by atomic mass is 19.1. The van der Waals surface area contributed by atoms with Crippen molar-refractivity contribution in [2.75, 3.05) is 26.2 Å². The molecule has 0 radical (unpaired) electrons. The predicted molar refractivity (Wildman–Crippen MR) is 128 cm³/mol. The Labute approximate surface area is 195 Å². The lowest BCUT2D eigenvalue weighted by atomic mass is 9.91. The molecular weight excluding hydrogens is 419 g/mol. The Kier molecular flexibility index (Phi) is 7.99. The maximum absolute atomic E-state index is 13.4. The Morgan fingerprint density at radius 2 is 2.09 bits per heavy atom. The molecule has 0 aliphatic carbocycles. The van der Waals surface area contributed by atoms with Gasteiger partial charge in [0.25, 0.3) is 0 Å². The van der Waals surface area contributed by atoms with Crippen molar-refractivity contribution >= 4 is 11.0 Å². The van der Waals surface area contributed by atoms with Crippen LogP contribution in [0.15, 0.2) is 57.9 Å². The number of piperidine rings is 1. The number of aliphatic hydroxyl groups excluding tert-OH is 1. The maximum Gasteiger partial charge on any atom is 0.170 e. The van der Waals surface area contributed by atoms with Gasteiger partial charge < -0.3 is 19.3 Å². The minimum absolute atomic E-state index is 0.293. The molecule has 1 N–H and O–H groups in total. The van der Waals surface area contributed by atoms with Crippen LogP contribution in [0, 0.1) is 5.82 Å². The SMILES string of the molecule is CCC1=C(/C=C\C(O)CCCCN2CCC(c3noc4cc(F)ccc34)CC2)C(C)=CCO1. The van der Waals surface area contributed by atoms with Crippen LogP contribution in [0.4, 0.5) is 4.39 Å². The second-order valence-corrected chi connectivity index (χ2v) is 9.14. The van der Waals surface area contributed by atoms with E-state index in [1.807, 2.05) is 12.2 Å². The average molecular weight is 455 g/mol. The molecule has 178 valence electrons. The van der Waals surface area contributed by atoms with Crippen molar-refractivity contribution in [3.05, 3.63) is 64.8 Å². The van der Waals surface area contributed by atoms with Gasteiger partial charge in [0.15, 0.2) is 5.58 Å². The van der Waals surface area contributed by atoms with Gasteiger partial charge in [-0.2, -0.15) is 0 Å². The van der Waals surface area contributed by atoms with Gasteiger partial charge in [-0.25, -0.2) is 4.39 Å². The number of benzene rings is 1. The third-order valence-electron chi connectivity index (χ3n) is 6.84. The average Bonchev–Trinajstić information content (AvgIpc) is 3.24. The van der Waals surface area contributed by atoms with Crippen molar-refractivity contribution in [1.29, 1.82) is 0 Å². The lowest BCUT2D eigenvalue weighted by Gasteiger charge is -2.31. The molecule has 33 heavy (non-hydrogen) atoms. The van der Waals surface area contributed by atoms with Crippen LogP contribution in [0.1, 0.15) is 64.0 Å². The number of rotatable bonds is 9. The first-order valence-corrected chi connectivity index (χ1v) is 12.2. The summed E-state index contributed by atoms with van der Waals surface area (Å²) in [5, 5.41) is 15.6. The summed E-state index contributed by atoms with van der Waals surface area (Å²) in [6.07, 6.45) is 11.3. The summed E-state index contributed by atoms with van der Waals surface area (Å²) in [4.78, 5) is 2.49. The van der Waals surface area contributed by atoms with Crippen LogP contribution >= 0.6 is 0 Å². The van der Waals surface area contributed by atoms with E-state index in [9.17, 15) is 9.50 Å². The molecule has 6 heteroatoms.